The minimum absolute atomic E-state index is 0.124. The maximum absolute atomic E-state index is 12.1. The van der Waals surface area contributed by atoms with Crippen LogP contribution in [0.15, 0.2) is 6.20 Å². The van der Waals surface area contributed by atoms with Crippen molar-refractivity contribution >= 4 is 12.0 Å². The number of carboxylic acids is 1. The first-order chi connectivity index (χ1) is 9.36. The Labute approximate surface area is 118 Å². The van der Waals surface area contributed by atoms with Crippen molar-refractivity contribution in [2.45, 2.75) is 39.8 Å². The second kappa shape index (κ2) is 6.93. The summed E-state index contributed by atoms with van der Waals surface area (Å²) in [6, 6.07) is -0.494. The van der Waals surface area contributed by atoms with E-state index in [0.29, 0.717) is 13.0 Å². The Hall–Kier alpha value is -2.05. The zero-order valence-electron chi connectivity index (χ0n) is 12.4. The topological polar surface area (TPSA) is 87.5 Å². The largest absolute Gasteiger partial charge is 0.480 e. The Morgan fingerprint density at radius 2 is 2.20 bits per heavy atom. The van der Waals surface area contributed by atoms with Crippen LogP contribution in [0.2, 0.25) is 0 Å². The number of nitrogens with one attached hydrogen (secondary N) is 1. The van der Waals surface area contributed by atoms with Gasteiger partial charge in [0.25, 0.3) is 0 Å². The van der Waals surface area contributed by atoms with Gasteiger partial charge in [-0.15, -0.1) is 0 Å². The average Bonchev–Trinajstić information content (AvgIpc) is 2.72. The van der Waals surface area contributed by atoms with E-state index in [4.69, 9.17) is 5.11 Å². The van der Waals surface area contributed by atoms with Gasteiger partial charge in [0.05, 0.1) is 6.20 Å². The van der Waals surface area contributed by atoms with Gasteiger partial charge in [-0.2, -0.15) is 5.10 Å². The summed E-state index contributed by atoms with van der Waals surface area (Å²) >= 11 is 0. The van der Waals surface area contributed by atoms with Crippen molar-refractivity contribution in [3.63, 3.8) is 0 Å². The molecule has 1 unspecified atom stereocenters. The minimum atomic E-state index is -1.02. The number of hydrogen-bond donors (Lipinski definition) is 2. The summed E-state index contributed by atoms with van der Waals surface area (Å²) in [5.74, 6) is -1.02. The number of aromatic nitrogens is 2. The number of aryl methyl sites for hydroxylation is 1. The highest BCUT2D eigenvalue weighted by molar-refractivity contribution is 5.80. The standard InChI is InChI=1S/C13H22N4O3/c1-5-9(2)17(8-12(18)19)13(20)14-6-11-7-15-16(4)10(11)3/h7,9H,5-6,8H2,1-4H3,(H,14,20)(H,18,19). The summed E-state index contributed by atoms with van der Waals surface area (Å²) in [6.45, 7) is 5.70. The molecule has 1 atom stereocenters. The zero-order chi connectivity index (χ0) is 15.3. The number of urea groups is 1. The fourth-order valence-electron chi connectivity index (χ4n) is 1.78. The quantitative estimate of drug-likeness (QED) is 0.818. The summed E-state index contributed by atoms with van der Waals surface area (Å²) in [7, 11) is 1.83. The number of amides is 2. The highest BCUT2D eigenvalue weighted by Gasteiger charge is 2.21. The van der Waals surface area contributed by atoms with Crippen LogP contribution in [0.4, 0.5) is 4.79 Å². The molecule has 0 radical (unpaired) electrons. The Bertz CT molecular complexity index is 484. The lowest BCUT2D eigenvalue weighted by atomic mass is 10.2. The molecule has 0 aliphatic carbocycles. The molecule has 20 heavy (non-hydrogen) atoms. The molecular weight excluding hydrogens is 260 g/mol. The SMILES string of the molecule is CCC(C)N(CC(=O)O)C(=O)NCc1cnn(C)c1C. The lowest BCUT2D eigenvalue weighted by Gasteiger charge is -2.27. The summed E-state index contributed by atoms with van der Waals surface area (Å²) in [5.41, 5.74) is 1.89. The van der Waals surface area contributed by atoms with E-state index in [1.54, 1.807) is 10.9 Å². The minimum Gasteiger partial charge on any atom is -0.480 e. The normalized spacial score (nSPS) is 12.0. The van der Waals surface area contributed by atoms with E-state index in [0.717, 1.165) is 11.3 Å². The van der Waals surface area contributed by atoms with Gasteiger partial charge in [-0.1, -0.05) is 6.92 Å². The molecule has 0 spiro atoms. The monoisotopic (exact) mass is 282 g/mol. The average molecular weight is 282 g/mol. The van der Waals surface area contributed by atoms with Gasteiger partial charge in [0, 0.05) is 30.9 Å². The fraction of sp³-hybridized carbons (Fsp3) is 0.615. The molecule has 1 heterocycles. The van der Waals surface area contributed by atoms with Gasteiger partial charge in [-0.05, 0) is 20.3 Å². The first-order valence-electron chi connectivity index (χ1n) is 6.60. The molecule has 0 aliphatic heterocycles. The molecule has 112 valence electrons. The van der Waals surface area contributed by atoms with Gasteiger partial charge in [0.1, 0.15) is 6.54 Å². The van der Waals surface area contributed by atoms with Gasteiger partial charge >= 0.3 is 12.0 Å². The molecule has 0 saturated carbocycles. The van der Waals surface area contributed by atoms with Crippen molar-refractivity contribution in [2.75, 3.05) is 6.54 Å². The Morgan fingerprint density at radius 3 is 2.65 bits per heavy atom. The molecule has 7 nitrogen and oxygen atoms in total. The molecule has 0 aliphatic rings. The third kappa shape index (κ3) is 3.97. The molecule has 0 fully saturated rings. The zero-order valence-corrected chi connectivity index (χ0v) is 12.4. The van der Waals surface area contributed by atoms with E-state index in [-0.39, 0.29) is 18.6 Å². The lowest BCUT2D eigenvalue weighted by Crippen LogP contribution is -2.47. The summed E-state index contributed by atoms with van der Waals surface area (Å²) in [4.78, 5) is 24.3. The number of aliphatic carboxylic acids is 1. The van der Waals surface area contributed by atoms with Crippen molar-refractivity contribution in [1.29, 1.82) is 0 Å². The number of carbonyl (C=O) groups is 2. The predicted octanol–water partition coefficient (Wildman–Crippen LogP) is 1.12. The number of hydrogen-bond acceptors (Lipinski definition) is 3. The molecule has 2 amide bonds. The van der Waals surface area contributed by atoms with E-state index in [9.17, 15) is 9.59 Å². The van der Waals surface area contributed by atoms with Crippen molar-refractivity contribution in [3.05, 3.63) is 17.5 Å². The molecule has 0 aromatic carbocycles. The molecule has 7 heteroatoms. The lowest BCUT2D eigenvalue weighted by molar-refractivity contribution is -0.138. The molecule has 1 aromatic rings. The molecule has 2 N–H and O–H groups in total. The Kier molecular flexibility index (Phi) is 5.54. The number of carboxylic acid groups (broad SMARTS) is 1. The van der Waals surface area contributed by atoms with Gasteiger partial charge in [-0.3, -0.25) is 9.48 Å². The van der Waals surface area contributed by atoms with Crippen molar-refractivity contribution < 1.29 is 14.7 Å². The van der Waals surface area contributed by atoms with Crippen LogP contribution in [0.1, 0.15) is 31.5 Å². The maximum atomic E-state index is 12.1. The van der Waals surface area contributed by atoms with Crippen LogP contribution in [0.5, 0.6) is 0 Å². The second-order valence-corrected chi connectivity index (χ2v) is 4.82. The van der Waals surface area contributed by atoms with Crippen molar-refractivity contribution in [1.82, 2.24) is 20.0 Å². The van der Waals surface area contributed by atoms with Crippen LogP contribution < -0.4 is 5.32 Å². The smallest absolute Gasteiger partial charge is 0.323 e. The molecule has 1 aromatic heterocycles. The van der Waals surface area contributed by atoms with E-state index in [1.807, 2.05) is 27.8 Å². The highest BCUT2D eigenvalue weighted by atomic mass is 16.4. The Balaban J connectivity index is 2.66. The van der Waals surface area contributed by atoms with Crippen LogP contribution in [-0.2, 0) is 18.4 Å². The number of nitrogens with zero attached hydrogens (tertiary/aromatic N) is 3. The maximum Gasteiger partial charge on any atom is 0.323 e. The summed E-state index contributed by atoms with van der Waals surface area (Å²) in [5, 5.41) is 15.7. The third-order valence-corrected chi connectivity index (χ3v) is 3.46. The van der Waals surface area contributed by atoms with Crippen LogP contribution >= 0.6 is 0 Å². The summed E-state index contributed by atoms with van der Waals surface area (Å²) < 4.78 is 1.73. The predicted molar refractivity (Wildman–Crippen MR) is 74.3 cm³/mol. The Morgan fingerprint density at radius 1 is 1.55 bits per heavy atom. The molecule has 1 rings (SSSR count). The molecule has 0 bridgehead atoms. The second-order valence-electron chi connectivity index (χ2n) is 4.82. The fourth-order valence-corrected chi connectivity index (χ4v) is 1.78. The van der Waals surface area contributed by atoms with Gasteiger partial charge in [-0.25, -0.2) is 4.79 Å². The summed E-state index contributed by atoms with van der Waals surface area (Å²) in [6.07, 6.45) is 2.40. The van der Waals surface area contributed by atoms with E-state index < -0.39 is 5.97 Å². The number of carbonyl (C=O) groups excluding carboxylic acids is 1. The van der Waals surface area contributed by atoms with Crippen molar-refractivity contribution in [2.24, 2.45) is 7.05 Å². The van der Waals surface area contributed by atoms with Crippen LogP contribution in [0, 0.1) is 6.92 Å². The van der Waals surface area contributed by atoms with E-state index in [2.05, 4.69) is 10.4 Å². The van der Waals surface area contributed by atoms with E-state index >= 15 is 0 Å². The van der Waals surface area contributed by atoms with Crippen LogP contribution in [-0.4, -0.2) is 44.4 Å². The first-order valence-corrected chi connectivity index (χ1v) is 6.60. The van der Waals surface area contributed by atoms with Gasteiger partial charge < -0.3 is 15.3 Å². The van der Waals surface area contributed by atoms with Gasteiger partial charge in [0.2, 0.25) is 0 Å². The molecule has 0 saturated heterocycles. The third-order valence-electron chi connectivity index (χ3n) is 3.46. The first kappa shape index (κ1) is 16.0. The van der Waals surface area contributed by atoms with Crippen LogP contribution in [0.25, 0.3) is 0 Å². The number of rotatable bonds is 6. The van der Waals surface area contributed by atoms with E-state index in [1.165, 1.54) is 4.90 Å². The van der Waals surface area contributed by atoms with Crippen molar-refractivity contribution in [3.8, 4) is 0 Å². The van der Waals surface area contributed by atoms with Gasteiger partial charge in [0.15, 0.2) is 0 Å². The molecular formula is C13H22N4O3. The van der Waals surface area contributed by atoms with Crippen LogP contribution in [0.3, 0.4) is 0 Å². The highest BCUT2D eigenvalue weighted by Crippen LogP contribution is 2.07.